The smallest absolute Gasteiger partial charge is 0.293 e. The first-order chi connectivity index (χ1) is 17.4. The molecule has 0 radical (unpaired) electrons. The van der Waals surface area contributed by atoms with Crippen LogP contribution in [-0.2, 0) is 11.4 Å². The molecule has 0 spiro atoms. The van der Waals surface area contributed by atoms with E-state index in [1.807, 2.05) is 68.4 Å². The normalized spacial score (nSPS) is 14.4. The lowest BCUT2D eigenvalue weighted by molar-refractivity contribution is -0.123. The third-order valence-corrected chi connectivity index (χ3v) is 7.06. The van der Waals surface area contributed by atoms with Crippen LogP contribution in [0.3, 0.4) is 0 Å². The van der Waals surface area contributed by atoms with E-state index in [4.69, 9.17) is 14.2 Å². The zero-order chi connectivity index (χ0) is 25.7. The maximum absolute atomic E-state index is 12.9. The number of carbonyl (C=O) groups is 2. The Bertz CT molecular complexity index is 1310. The molecule has 0 saturated carbocycles. The van der Waals surface area contributed by atoms with Crippen molar-refractivity contribution >= 4 is 44.9 Å². The van der Waals surface area contributed by atoms with Gasteiger partial charge in [-0.25, -0.2) is 0 Å². The molecule has 1 aliphatic rings. The van der Waals surface area contributed by atoms with E-state index < -0.39 is 0 Å². The van der Waals surface area contributed by atoms with Crippen LogP contribution in [0.5, 0.6) is 17.2 Å². The molecule has 1 saturated heterocycles. The second kappa shape index (κ2) is 11.7. The van der Waals surface area contributed by atoms with Gasteiger partial charge in [0.05, 0.1) is 23.0 Å². The average molecular weight is 568 g/mol. The highest BCUT2D eigenvalue weighted by molar-refractivity contribution is 9.10. The average Bonchev–Trinajstić information content (AvgIpc) is 3.13. The van der Waals surface area contributed by atoms with Gasteiger partial charge in [-0.05, 0) is 88.1 Å². The topological polar surface area (TPSA) is 65.1 Å². The summed E-state index contributed by atoms with van der Waals surface area (Å²) in [6, 6.07) is 19.4. The number of methoxy groups -OCH3 is 1. The van der Waals surface area contributed by atoms with Crippen molar-refractivity contribution in [2.45, 2.75) is 20.5 Å². The SMILES string of the molecule is COc1cc(/C=C2\SC(=O)N(CCOc3cc(C)ccc3C)C2=O)cc(Br)c1OCc1ccccc1. The minimum Gasteiger partial charge on any atom is -0.493 e. The lowest BCUT2D eigenvalue weighted by Gasteiger charge is -2.15. The molecule has 36 heavy (non-hydrogen) atoms. The molecule has 0 atom stereocenters. The van der Waals surface area contributed by atoms with Gasteiger partial charge in [0.25, 0.3) is 11.1 Å². The molecule has 3 aromatic rings. The van der Waals surface area contributed by atoms with Crippen molar-refractivity contribution < 1.29 is 23.8 Å². The Morgan fingerprint density at radius 1 is 0.972 bits per heavy atom. The van der Waals surface area contributed by atoms with Crippen molar-refractivity contribution in [2.24, 2.45) is 0 Å². The third kappa shape index (κ3) is 6.12. The molecule has 0 aromatic heterocycles. The first kappa shape index (κ1) is 25.9. The fourth-order valence-electron chi connectivity index (χ4n) is 3.65. The van der Waals surface area contributed by atoms with Crippen LogP contribution in [0.15, 0.2) is 70.0 Å². The molecule has 2 amide bonds. The molecule has 0 bridgehead atoms. The number of imide groups is 1. The molecule has 1 fully saturated rings. The van der Waals surface area contributed by atoms with Crippen LogP contribution < -0.4 is 14.2 Å². The van der Waals surface area contributed by atoms with Crippen molar-refractivity contribution in [3.63, 3.8) is 0 Å². The summed E-state index contributed by atoms with van der Waals surface area (Å²) in [5, 5.41) is -0.315. The molecule has 1 heterocycles. The first-order valence-corrected chi connectivity index (χ1v) is 13.0. The molecule has 6 nitrogen and oxygen atoms in total. The van der Waals surface area contributed by atoms with Gasteiger partial charge in [-0.1, -0.05) is 42.5 Å². The number of thioether (sulfide) groups is 1. The summed E-state index contributed by atoms with van der Waals surface area (Å²) in [5.74, 6) is 1.50. The highest BCUT2D eigenvalue weighted by atomic mass is 79.9. The number of amides is 2. The largest absolute Gasteiger partial charge is 0.493 e. The van der Waals surface area contributed by atoms with Gasteiger partial charge in [-0.2, -0.15) is 0 Å². The second-order valence-electron chi connectivity index (χ2n) is 8.26. The number of ether oxygens (including phenoxy) is 3. The minimum absolute atomic E-state index is 0.175. The van der Waals surface area contributed by atoms with Crippen LogP contribution >= 0.6 is 27.7 Å². The lowest BCUT2D eigenvalue weighted by Crippen LogP contribution is -2.32. The quantitative estimate of drug-likeness (QED) is 0.266. The number of hydrogen-bond acceptors (Lipinski definition) is 6. The molecule has 4 rings (SSSR count). The molecule has 186 valence electrons. The monoisotopic (exact) mass is 567 g/mol. The van der Waals surface area contributed by atoms with Gasteiger partial charge >= 0.3 is 0 Å². The van der Waals surface area contributed by atoms with Crippen molar-refractivity contribution in [3.8, 4) is 17.2 Å². The standard InChI is InChI=1S/C28H26BrNO5S/c1-18-9-10-19(2)23(13-18)34-12-11-30-27(31)25(36-28(30)32)16-21-14-22(29)26(24(15-21)33-3)35-17-20-7-5-4-6-8-20/h4-10,13-16H,11-12,17H2,1-3H3/b25-16-. The maximum atomic E-state index is 12.9. The Morgan fingerprint density at radius 2 is 1.75 bits per heavy atom. The summed E-state index contributed by atoms with van der Waals surface area (Å²) in [6.45, 7) is 4.74. The van der Waals surface area contributed by atoms with E-state index in [0.29, 0.717) is 33.0 Å². The Balaban J connectivity index is 1.44. The summed E-state index contributed by atoms with van der Waals surface area (Å²) in [4.78, 5) is 27.0. The summed E-state index contributed by atoms with van der Waals surface area (Å²) in [5.41, 5.74) is 3.83. The Labute approximate surface area is 223 Å². The highest BCUT2D eigenvalue weighted by Gasteiger charge is 2.35. The van der Waals surface area contributed by atoms with Crippen LogP contribution in [0.2, 0.25) is 0 Å². The van der Waals surface area contributed by atoms with Crippen molar-refractivity contribution in [2.75, 3.05) is 20.3 Å². The van der Waals surface area contributed by atoms with Gasteiger partial charge in [-0.3, -0.25) is 14.5 Å². The Morgan fingerprint density at radius 3 is 2.50 bits per heavy atom. The number of nitrogens with zero attached hydrogens (tertiary/aromatic N) is 1. The van der Waals surface area contributed by atoms with Crippen LogP contribution in [0.1, 0.15) is 22.3 Å². The van der Waals surface area contributed by atoms with Crippen LogP contribution in [0.4, 0.5) is 4.79 Å². The van der Waals surface area contributed by atoms with Crippen LogP contribution in [0, 0.1) is 13.8 Å². The van der Waals surface area contributed by atoms with E-state index in [0.717, 1.165) is 34.2 Å². The zero-order valence-electron chi connectivity index (χ0n) is 20.2. The summed E-state index contributed by atoms with van der Waals surface area (Å²) < 4.78 is 18.0. The number of halogens is 1. The van der Waals surface area contributed by atoms with E-state index in [1.54, 1.807) is 19.3 Å². The van der Waals surface area contributed by atoms with Gasteiger partial charge in [0, 0.05) is 0 Å². The number of benzene rings is 3. The van der Waals surface area contributed by atoms with Gasteiger partial charge in [0.1, 0.15) is 19.0 Å². The molecule has 0 N–H and O–H groups in total. The van der Waals surface area contributed by atoms with Gasteiger partial charge < -0.3 is 14.2 Å². The number of carbonyl (C=O) groups excluding carboxylic acids is 2. The van der Waals surface area contributed by atoms with E-state index in [-0.39, 0.29) is 24.3 Å². The summed E-state index contributed by atoms with van der Waals surface area (Å²) in [7, 11) is 1.56. The second-order valence-corrected chi connectivity index (χ2v) is 10.1. The molecule has 8 heteroatoms. The van der Waals surface area contributed by atoms with E-state index in [2.05, 4.69) is 15.9 Å². The molecular formula is C28H26BrNO5S. The highest BCUT2D eigenvalue weighted by Crippen LogP contribution is 2.39. The molecule has 3 aromatic carbocycles. The molecule has 0 unspecified atom stereocenters. The molecular weight excluding hydrogens is 542 g/mol. The Hall–Kier alpha value is -3.23. The summed E-state index contributed by atoms with van der Waals surface area (Å²) in [6.07, 6.45) is 1.69. The predicted molar refractivity (Wildman–Crippen MR) is 146 cm³/mol. The predicted octanol–water partition coefficient (Wildman–Crippen LogP) is 6.77. The van der Waals surface area contributed by atoms with Crippen molar-refractivity contribution in [1.29, 1.82) is 0 Å². The number of rotatable bonds is 9. The van der Waals surface area contributed by atoms with Crippen LogP contribution in [0.25, 0.3) is 6.08 Å². The van der Waals surface area contributed by atoms with Gasteiger partial charge in [0.15, 0.2) is 11.5 Å². The lowest BCUT2D eigenvalue weighted by atomic mass is 10.1. The van der Waals surface area contributed by atoms with E-state index >= 15 is 0 Å². The summed E-state index contributed by atoms with van der Waals surface area (Å²) >= 11 is 4.46. The number of aryl methyl sites for hydroxylation is 2. The fourth-order valence-corrected chi connectivity index (χ4v) is 5.09. The maximum Gasteiger partial charge on any atom is 0.293 e. The third-order valence-electron chi connectivity index (χ3n) is 5.57. The van der Waals surface area contributed by atoms with Crippen molar-refractivity contribution in [1.82, 2.24) is 4.90 Å². The first-order valence-electron chi connectivity index (χ1n) is 11.4. The molecule has 1 aliphatic heterocycles. The molecule has 0 aliphatic carbocycles. The zero-order valence-corrected chi connectivity index (χ0v) is 22.6. The van der Waals surface area contributed by atoms with E-state index in [9.17, 15) is 9.59 Å². The van der Waals surface area contributed by atoms with Gasteiger partial charge in [0.2, 0.25) is 0 Å². The van der Waals surface area contributed by atoms with Gasteiger partial charge in [-0.15, -0.1) is 0 Å². The Kier molecular flexibility index (Phi) is 8.38. The van der Waals surface area contributed by atoms with E-state index in [1.165, 1.54) is 4.90 Å². The fraction of sp³-hybridized carbons (Fsp3) is 0.214. The van der Waals surface area contributed by atoms with Crippen molar-refractivity contribution in [3.05, 3.63) is 92.3 Å². The minimum atomic E-state index is -0.339. The number of hydrogen-bond donors (Lipinski definition) is 0. The van der Waals surface area contributed by atoms with Crippen LogP contribution in [-0.4, -0.2) is 36.3 Å².